The van der Waals surface area contributed by atoms with Gasteiger partial charge >= 0.3 is 0 Å². The molecule has 0 bridgehead atoms. The van der Waals surface area contributed by atoms with Gasteiger partial charge in [0.25, 0.3) is 5.91 Å². The Kier molecular flexibility index (Phi) is 20.4. The second kappa shape index (κ2) is 26.6. The van der Waals surface area contributed by atoms with Gasteiger partial charge in [-0.3, -0.25) is 34.1 Å². The minimum Gasteiger partial charge on any atom is -0.496 e. The van der Waals surface area contributed by atoms with Gasteiger partial charge in [0.15, 0.2) is 11.6 Å². The number of methoxy groups -OCH3 is 1. The number of ether oxygens (including phenoxy) is 5. The van der Waals surface area contributed by atoms with Crippen molar-refractivity contribution < 1.29 is 52.5 Å². The van der Waals surface area contributed by atoms with Crippen LogP contribution in [0.1, 0.15) is 109 Å². The summed E-state index contributed by atoms with van der Waals surface area (Å²) in [5.74, 6) is 0.808. The Bertz CT molecular complexity index is 2310. The number of hydrogen-bond acceptors (Lipinski definition) is 15. The van der Waals surface area contributed by atoms with Crippen molar-refractivity contribution in [3.8, 4) is 5.75 Å². The molecule has 3 aliphatic heterocycles. The van der Waals surface area contributed by atoms with E-state index in [1.165, 1.54) is 4.90 Å². The van der Waals surface area contributed by atoms with Crippen LogP contribution in [-0.2, 0) is 51.1 Å². The molecule has 2 fully saturated rings. The van der Waals surface area contributed by atoms with Crippen LogP contribution in [0.2, 0.25) is 0 Å². The minimum absolute atomic E-state index is 0. The first-order valence-electron chi connectivity index (χ1n) is 24.3. The van der Waals surface area contributed by atoms with Gasteiger partial charge in [-0.25, -0.2) is 9.97 Å². The second-order valence-electron chi connectivity index (χ2n) is 17.6. The Morgan fingerprint density at radius 1 is 0.871 bits per heavy atom. The lowest BCUT2D eigenvalue weighted by Crippen LogP contribution is -2.55. The molecule has 2 atom stereocenters. The summed E-state index contributed by atoms with van der Waals surface area (Å²) in [5.41, 5.74) is 3.81. The third kappa shape index (κ3) is 13.6. The number of fused-ring (bicyclic) bond motifs is 2. The third-order valence-electron chi connectivity index (χ3n) is 13.0. The van der Waals surface area contributed by atoms with E-state index in [0.717, 1.165) is 42.8 Å². The molecule has 4 heterocycles. The smallest absolute Gasteiger partial charge is 0.255 e. The van der Waals surface area contributed by atoms with Crippen molar-refractivity contribution in [3.63, 3.8) is 0 Å². The fourth-order valence-corrected chi connectivity index (χ4v) is 9.37. The molecule has 1 aromatic heterocycles. The van der Waals surface area contributed by atoms with Gasteiger partial charge in [-0.2, -0.15) is 0 Å². The molecule has 7 rings (SSSR count). The lowest BCUT2D eigenvalue weighted by molar-refractivity contribution is -0.137. The molecular weight excluding hydrogens is 924 g/mol. The van der Waals surface area contributed by atoms with E-state index in [2.05, 4.69) is 32.8 Å². The zero-order chi connectivity index (χ0) is 48.7. The van der Waals surface area contributed by atoms with Crippen LogP contribution in [0.3, 0.4) is 0 Å². The van der Waals surface area contributed by atoms with Gasteiger partial charge in [-0.1, -0.05) is 38.0 Å². The van der Waals surface area contributed by atoms with Gasteiger partial charge in [0.05, 0.1) is 59.6 Å². The van der Waals surface area contributed by atoms with Crippen LogP contribution in [0.4, 0.5) is 17.2 Å². The SMILES string of the molecule is CC[C@@H]1C(=O)N(C)c2cnc(Cc3ccc(C(=O)CCCOCCOCCOCCOCCNCCC(=O)Nc4cccc5c4CN(C4CCC(=O)NC4=O)C5=O)cc3OC)nc2N1C1CCCC1.Cl. The predicted molar refractivity (Wildman–Crippen MR) is 263 cm³/mol. The van der Waals surface area contributed by atoms with E-state index in [1.54, 1.807) is 49.5 Å². The highest BCUT2D eigenvalue weighted by molar-refractivity contribution is 6.07. The van der Waals surface area contributed by atoms with Crippen molar-refractivity contribution in [1.29, 1.82) is 0 Å². The fourth-order valence-electron chi connectivity index (χ4n) is 9.37. The zero-order valence-corrected chi connectivity index (χ0v) is 41.3. The van der Waals surface area contributed by atoms with E-state index in [0.29, 0.717) is 126 Å². The lowest BCUT2D eigenvalue weighted by atomic mass is 10.0. The van der Waals surface area contributed by atoms with Crippen LogP contribution in [0.5, 0.6) is 5.75 Å². The van der Waals surface area contributed by atoms with Gasteiger partial charge in [0, 0.05) is 93.0 Å². The molecule has 2 aromatic carbocycles. The molecule has 70 heavy (non-hydrogen) atoms. The molecule has 5 amide bonds. The number of Topliss-reactive ketones (excluding diaryl/α,β-unsaturated/α-hetero) is 1. The van der Waals surface area contributed by atoms with Crippen LogP contribution in [0.25, 0.3) is 0 Å². The van der Waals surface area contributed by atoms with Crippen LogP contribution >= 0.6 is 12.4 Å². The van der Waals surface area contributed by atoms with E-state index in [-0.39, 0.29) is 79.7 Å². The largest absolute Gasteiger partial charge is 0.496 e. The number of likely N-dealkylation sites (N-methyl/N-ethyl adjacent to an activating group) is 1. The number of amides is 5. The number of nitrogens with one attached hydrogen (secondary N) is 3. The zero-order valence-electron chi connectivity index (χ0n) is 40.5. The topological polar surface area (TPSA) is 220 Å². The number of rotatable bonds is 27. The highest BCUT2D eigenvalue weighted by Crippen LogP contribution is 2.40. The third-order valence-corrected chi connectivity index (χ3v) is 13.0. The van der Waals surface area contributed by atoms with Crippen molar-refractivity contribution in [2.45, 2.75) is 102 Å². The van der Waals surface area contributed by atoms with Crippen molar-refractivity contribution >= 4 is 64.9 Å². The van der Waals surface area contributed by atoms with Gasteiger partial charge in [-0.15, -0.1) is 12.4 Å². The summed E-state index contributed by atoms with van der Waals surface area (Å²) in [6.07, 6.45) is 8.86. The number of piperidine rings is 1. The molecule has 0 radical (unpaired) electrons. The summed E-state index contributed by atoms with van der Waals surface area (Å²) in [4.78, 5) is 91.1. The summed E-state index contributed by atoms with van der Waals surface area (Å²) in [6.45, 7) is 6.59. The Morgan fingerprint density at radius 3 is 2.29 bits per heavy atom. The molecule has 19 nitrogen and oxygen atoms in total. The normalized spacial score (nSPS) is 17.9. The van der Waals surface area contributed by atoms with Crippen LogP contribution in [-0.4, -0.2) is 148 Å². The van der Waals surface area contributed by atoms with E-state index in [1.807, 2.05) is 12.1 Å². The van der Waals surface area contributed by atoms with Crippen molar-refractivity contribution in [3.05, 3.63) is 70.7 Å². The fraction of sp³-hybridized carbons (Fsp3) is 0.560. The maximum Gasteiger partial charge on any atom is 0.255 e. The summed E-state index contributed by atoms with van der Waals surface area (Å²) in [7, 11) is 3.39. The first-order valence-corrected chi connectivity index (χ1v) is 24.3. The lowest BCUT2D eigenvalue weighted by Gasteiger charge is -2.43. The van der Waals surface area contributed by atoms with Crippen LogP contribution in [0, 0.1) is 0 Å². The highest BCUT2D eigenvalue weighted by Gasteiger charge is 2.42. The number of hydrogen-bond donors (Lipinski definition) is 3. The van der Waals surface area contributed by atoms with Crippen molar-refractivity contribution in [1.82, 2.24) is 25.5 Å². The number of carbonyl (C=O) groups excluding carboxylic acids is 6. The molecule has 20 heteroatoms. The molecule has 1 saturated carbocycles. The quantitative estimate of drug-likeness (QED) is 0.0547. The molecule has 1 saturated heterocycles. The Balaban J connectivity index is 0.00000804. The molecule has 1 aliphatic carbocycles. The van der Waals surface area contributed by atoms with Gasteiger partial charge in [0.1, 0.15) is 29.3 Å². The van der Waals surface area contributed by atoms with E-state index in [9.17, 15) is 28.8 Å². The first-order chi connectivity index (χ1) is 33.6. The monoisotopic (exact) mass is 990 g/mol. The van der Waals surface area contributed by atoms with Crippen molar-refractivity contribution in [2.75, 3.05) is 95.2 Å². The number of carbonyl (C=O) groups is 6. The summed E-state index contributed by atoms with van der Waals surface area (Å²) in [6, 6.07) is 9.94. The number of anilines is 3. The first kappa shape index (κ1) is 53.8. The molecule has 4 aliphatic rings. The summed E-state index contributed by atoms with van der Waals surface area (Å²) < 4.78 is 28.2. The van der Waals surface area contributed by atoms with E-state index < -0.39 is 11.9 Å². The Labute approximate surface area is 415 Å². The summed E-state index contributed by atoms with van der Waals surface area (Å²) in [5, 5.41) is 8.37. The van der Waals surface area contributed by atoms with E-state index >= 15 is 0 Å². The number of benzene rings is 2. The Morgan fingerprint density at radius 2 is 1.59 bits per heavy atom. The Hall–Kier alpha value is -5.57. The summed E-state index contributed by atoms with van der Waals surface area (Å²) >= 11 is 0. The maximum absolute atomic E-state index is 13.3. The molecule has 380 valence electrons. The van der Waals surface area contributed by atoms with Gasteiger partial charge in [0.2, 0.25) is 23.6 Å². The standard InChI is InChI=1S/C50H66N8O11.ClH/c1-4-39-50(64)56(2)41-31-52-44(54-47(41)58(39)35-9-5-6-10-35)30-34-15-14-33(29-43(34)65-3)42(59)13-8-21-66-23-25-68-27-28-69-26-24-67-22-20-51-19-18-46(61)53-38-12-7-11-36-37(38)32-57(49(36)63)40-16-17-45(60)55-48(40)62;/h7,11-12,14-15,29,31,35,39-40,51H,4-6,8-10,13,16-28,30,32H2,1-3H3,(H,53,61)(H,55,60,62);1H/t39-,40?;/m1./s1. The average Bonchev–Trinajstić information content (AvgIpc) is 4.01. The maximum atomic E-state index is 13.3. The van der Waals surface area contributed by atoms with E-state index in [4.69, 9.17) is 28.7 Å². The van der Waals surface area contributed by atoms with Crippen LogP contribution < -0.4 is 30.5 Å². The molecule has 3 N–H and O–H groups in total. The molecular formula is C50H67ClN8O11. The highest BCUT2D eigenvalue weighted by atomic mass is 35.5. The van der Waals surface area contributed by atoms with Gasteiger partial charge in [-0.05, 0) is 50.3 Å². The van der Waals surface area contributed by atoms with Gasteiger partial charge < -0.3 is 49.0 Å². The predicted octanol–water partition coefficient (Wildman–Crippen LogP) is 4.41. The number of ketones is 1. The number of aromatic nitrogens is 2. The number of imide groups is 1. The average molecular weight is 992 g/mol. The second-order valence-corrected chi connectivity index (χ2v) is 17.6. The molecule has 3 aromatic rings. The van der Waals surface area contributed by atoms with Crippen LogP contribution in [0.15, 0.2) is 42.6 Å². The number of halogens is 1. The minimum atomic E-state index is -0.721. The molecule has 1 unspecified atom stereocenters. The van der Waals surface area contributed by atoms with Crippen molar-refractivity contribution in [2.24, 2.45) is 0 Å². The molecule has 0 spiro atoms. The number of nitrogens with zero attached hydrogens (tertiary/aromatic N) is 5.